The Morgan fingerprint density at radius 3 is 2.47 bits per heavy atom. The number of hydrogen-bond donors (Lipinski definition) is 1. The number of nitriles is 1. The van der Waals surface area contributed by atoms with Crippen LogP contribution in [0.1, 0.15) is 18.9 Å². The summed E-state index contributed by atoms with van der Waals surface area (Å²) in [6.07, 6.45) is -4.27. The van der Waals surface area contributed by atoms with E-state index in [9.17, 15) is 22.8 Å². The maximum atomic E-state index is 13.1. The Hall–Kier alpha value is -2.64. The molecule has 0 radical (unpaired) electrons. The van der Waals surface area contributed by atoms with Gasteiger partial charge < -0.3 is 10.2 Å². The molecule has 1 aliphatic heterocycles. The third-order valence-electron chi connectivity index (χ3n) is 5.12. The molecule has 0 saturated carbocycles. The highest BCUT2D eigenvalue weighted by molar-refractivity contribution is 5.93. The summed E-state index contributed by atoms with van der Waals surface area (Å²) in [5, 5.41) is 11.0. The van der Waals surface area contributed by atoms with E-state index in [1.54, 1.807) is 7.05 Å². The molecule has 0 spiro atoms. The molecule has 1 aromatic carbocycles. The molecule has 1 fully saturated rings. The lowest BCUT2D eigenvalue weighted by Crippen LogP contribution is -2.55. The van der Waals surface area contributed by atoms with Gasteiger partial charge in [-0.05, 0) is 19.1 Å². The molecule has 1 unspecified atom stereocenters. The maximum Gasteiger partial charge on any atom is 0.418 e. The Kier molecular flexibility index (Phi) is 8.20. The minimum absolute atomic E-state index is 0.0234. The highest BCUT2D eigenvalue weighted by Gasteiger charge is 2.34. The van der Waals surface area contributed by atoms with E-state index in [0.29, 0.717) is 32.7 Å². The molecule has 1 atom stereocenters. The first-order valence-corrected chi connectivity index (χ1v) is 9.68. The molecule has 1 N–H and O–H groups in total. The molecule has 164 valence electrons. The molecular formula is C20H26F3N5O2. The average Bonchev–Trinajstić information content (AvgIpc) is 2.71. The van der Waals surface area contributed by atoms with Crippen molar-refractivity contribution in [3.63, 3.8) is 0 Å². The first-order valence-electron chi connectivity index (χ1n) is 9.68. The number of likely N-dealkylation sites (N-methyl/N-ethyl adjacent to an activating group) is 1. The summed E-state index contributed by atoms with van der Waals surface area (Å²) in [6.45, 7) is 4.32. The summed E-state index contributed by atoms with van der Waals surface area (Å²) in [7, 11) is 1.66. The monoisotopic (exact) mass is 425 g/mol. The first-order chi connectivity index (χ1) is 14.1. The maximum absolute atomic E-state index is 13.1. The van der Waals surface area contributed by atoms with Crippen molar-refractivity contribution in [3.05, 3.63) is 29.8 Å². The van der Waals surface area contributed by atoms with Crippen LogP contribution in [0, 0.1) is 11.3 Å². The third kappa shape index (κ3) is 6.43. The van der Waals surface area contributed by atoms with Crippen LogP contribution in [0.3, 0.4) is 0 Å². The summed E-state index contributed by atoms with van der Waals surface area (Å²) < 4.78 is 39.2. The van der Waals surface area contributed by atoms with Gasteiger partial charge in [0.2, 0.25) is 11.8 Å². The van der Waals surface area contributed by atoms with Crippen LogP contribution in [-0.2, 0) is 15.8 Å². The van der Waals surface area contributed by atoms with Crippen molar-refractivity contribution in [3.8, 4) is 6.07 Å². The summed E-state index contributed by atoms with van der Waals surface area (Å²) in [4.78, 5) is 30.1. The van der Waals surface area contributed by atoms with Crippen LogP contribution in [0.2, 0.25) is 0 Å². The number of carbonyl (C=O) groups excluding carboxylic acids is 2. The van der Waals surface area contributed by atoms with E-state index < -0.39 is 17.6 Å². The van der Waals surface area contributed by atoms with E-state index in [1.165, 1.54) is 23.1 Å². The summed E-state index contributed by atoms with van der Waals surface area (Å²) in [6, 6.07) is 6.54. The fourth-order valence-corrected chi connectivity index (χ4v) is 3.34. The van der Waals surface area contributed by atoms with Crippen LogP contribution >= 0.6 is 0 Å². The zero-order valence-corrected chi connectivity index (χ0v) is 17.1. The topological polar surface area (TPSA) is 79.7 Å². The van der Waals surface area contributed by atoms with Gasteiger partial charge in [0, 0.05) is 39.8 Å². The highest BCUT2D eigenvalue weighted by atomic mass is 19.4. The van der Waals surface area contributed by atoms with Crippen molar-refractivity contribution in [1.29, 1.82) is 5.26 Å². The van der Waals surface area contributed by atoms with Crippen molar-refractivity contribution >= 4 is 17.5 Å². The molecule has 7 nitrogen and oxygen atoms in total. The number of para-hydroxylation sites is 1. The van der Waals surface area contributed by atoms with Crippen molar-refractivity contribution in [2.45, 2.75) is 25.6 Å². The molecule has 2 rings (SSSR count). The molecule has 30 heavy (non-hydrogen) atoms. The second-order valence-corrected chi connectivity index (χ2v) is 7.25. The molecule has 1 aliphatic rings. The minimum atomic E-state index is -4.54. The largest absolute Gasteiger partial charge is 0.418 e. The van der Waals surface area contributed by atoms with Crippen molar-refractivity contribution < 1.29 is 22.8 Å². The van der Waals surface area contributed by atoms with Gasteiger partial charge in [-0.1, -0.05) is 12.1 Å². The van der Waals surface area contributed by atoms with Gasteiger partial charge in [0.25, 0.3) is 0 Å². The number of alkyl halides is 3. The van der Waals surface area contributed by atoms with Gasteiger partial charge in [-0.2, -0.15) is 18.4 Å². The zero-order valence-electron chi connectivity index (χ0n) is 17.1. The fourth-order valence-electron chi connectivity index (χ4n) is 3.34. The van der Waals surface area contributed by atoms with Gasteiger partial charge in [0.15, 0.2) is 0 Å². The lowest BCUT2D eigenvalue weighted by molar-refractivity contribution is -0.137. The SMILES string of the molecule is CC(C(=O)N(C)CCC#N)N1CCN(CC(=O)Nc2ccccc2C(F)(F)F)CC1. The average molecular weight is 425 g/mol. The van der Waals surface area contributed by atoms with E-state index >= 15 is 0 Å². The van der Waals surface area contributed by atoms with Crippen LogP contribution in [-0.4, -0.2) is 78.9 Å². The molecule has 0 aliphatic carbocycles. The molecule has 0 bridgehead atoms. The number of benzene rings is 1. The van der Waals surface area contributed by atoms with E-state index in [1.807, 2.05) is 22.8 Å². The lowest BCUT2D eigenvalue weighted by Gasteiger charge is -2.38. The van der Waals surface area contributed by atoms with E-state index in [-0.39, 0.29) is 30.6 Å². The van der Waals surface area contributed by atoms with E-state index in [2.05, 4.69) is 5.32 Å². The number of halogens is 3. The molecule has 0 aromatic heterocycles. The summed E-state index contributed by atoms with van der Waals surface area (Å²) in [5.41, 5.74) is -1.13. The van der Waals surface area contributed by atoms with Crippen molar-refractivity contribution in [1.82, 2.24) is 14.7 Å². The van der Waals surface area contributed by atoms with Crippen LogP contribution in [0.15, 0.2) is 24.3 Å². The number of hydrogen-bond acceptors (Lipinski definition) is 5. The Morgan fingerprint density at radius 2 is 1.87 bits per heavy atom. The Labute approximate surface area is 174 Å². The molecule has 1 heterocycles. The zero-order chi connectivity index (χ0) is 22.3. The second-order valence-electron chi connectivity index (χ2n) is 7.25. The molecule has 10 heteroatoms. The quantitative estimate of drug-likeness (QED) is 0.723. The van der Waals surface area contributed by atoms with Gasteiger partial charge in [-0.3, -0.25) is 19.4 Å². The normalized spacial score (nSPS) is 16.5. The summed E-state index contributed by atoms with van der Waals surface area (Å²) in [5.74, 6) is -0.583. The molecular weight excluding hydrogens is 399 g/mol. The van der Waals surface area contributed by atoms with Gasteiger partial charge in [0.1, 0.15) is 0 Å². The first kappa shape index (κ1) is 23.6. The minimum Gasteiger partial charge on any atom is -0.343 e. The number of carbonyl (C=O) groups is 2. The summed E-state index contributed by atoms with van der Waals surface area (Å²) >= 11 is 0. The number of nitrogens with zero attached hydrogens (tertiary/aromatic N) is 4. The number of nitrogens with one attached hydrogen (secondary N) is 1. The smallest absolute Gasteiger partial charge is 0.343 e. The van der Waals surface area contributed by atoms with Crippen LogP contribution in [0.25, 0.3) is 0 Å². The van der Waals surface area contributed by atoms with Crippen LogP contribution < -0.4 is 5.32 Å². The van der Waals surface area contributed by atoms with Crippen molar-refractivity contribution in [2.24, 2.45) is 0 Å². The molecule has 1 aromatic rings. The highest BCUT2D eigenvalue weighted by Crippen LogP contribution is 2.34. The fraction of sp³-hybridized carbons (Fsp3) is 0.550. The number of amides is 2. The van der Waals surface area contributed by atoms with E-state index in [0.717, 1.165) is 6.07 Å². The number of rotatable bonds is 7. The van der Waals surface area contributed by atoms with Crippen LogP contribution in [0.5, 0.6) is 0 Å². The third-order valence-corrected chi connectivity index (χ3v) is 5.12. The predicted octanol–water partition coefficient (Wildman–Crippen LogP) is 2.02. The van der Waals surface area contributed by atoms with Gasteiger partial charge in [-0.15, -0.1) is 0 Å². The number of piperazine rings is 1. The Bertz CT molecular complexity index is 785. The van der Waals surface area contributed by atoms with Gasteiger partial charge in [-0.25, -0.2) is 0 Å². The lowest BCUT2D eigenvalue weighted by atomic mass is 10.1. The predicted molar refractivity (Wildman–Crippen MR) is 105 cm³/mol. The standard InChI is InChI=1S/C20H26F3N5O2/c1-15(19(30)26(2)9-5-8-24)28-12-10-27(11-13-28)14-18(29)25-17-7-4-3-6-16(17)20(21,22)23/h3-4,6-7,15H,5,9-14H2,1-2H3,(H,25,29). The molecule has 2 amide bonds. The van der Waals surface area contributed by atoms with Gasteiger partial charge in [0.05, 0.1) is 36.3 Å². The van der Waals surface area contributed by atoms with E-state index in [4.69, 9.17) is 5.26 Å². The number of anilines is 1. The van der Waals surface area contributed by atoms with Gasteiger partial charge >= 0.3 is 6.18 Å². The molecule has 1 saturated heterocycles. The Balaban J connectivity index is 1.84. The second kappa shape index (κ2) is 10.4. The van der Waals surface area contributed by atoms with Crippen molar-refractivity contribution in [2.75, 3.05) is 51.6 Å². The Morgan fingerprint density at radius 1 is 1.23 bits per heavy atom. The van der Waals surface area contributed by atoms with Crippen LogP contribution in [0.4, 0.5) is 18.9 Å².